The first-order chi connectivity index (χ1) is 19.3. The molecule has 40 heavy (non-hydrogen) atoms. The molecule has 214 valence electrons. The Bertz CT molecular complexity index is 1270. The minimum absolute atomic E-state index is 0.00915. The van der Waals surface area contributed by atoms with Gasteiger partial charge in [-0.1, -0.05) is 39.0 Å². The van der Waals surface area contributed by atoms with E-state index in [2.05, 4.69) is 27.8 Å². The molecule has 0 radical (unpaired) electrons. The van der Waals surface area contributed by atoms with E-state index in [9.17, 15) is 14.3 Å². The van der Waals surface area contributed by atoms with Crippen molar-refractivity contribution in [3.05, 3.63) is 81.3 Å². The molecular formula is C32H41FN4O2S. The van der Waals surface area contributed by atoms with Crippen LogP contribution in [0.5, 0.6) is 0 Å². The van der Waals surface area contributed by atoms with Crippen molar-refractivity contribution >= 4 is 17.3 Å². The first-order valence-corrected chi connectivity index (χ1v) is 15.5. The molecule has 8 heteroatoms. The van der Waals surface area contributed by atoms with E-state index in [1.54, 1.807) is 12.1 Å². The van der Waals surface area contributed by atoms with E-state index in [1.807, 2.05) is 49.6 Å². The molecule has 2 saturated heterocycles. The predicted octanol–water partition coefficient (Wildman–Crippen LogP) is 5.83. The predicted molar refractivity (Wildman–Crippen MR) is 157 cm³/mol. The van der Waals surface area contributed by atoms with Gasteiger partial charge in [0.25, 0.3) is 0 Å². The van der Waals surface area contributed by atoms with Crippen LogP contribution in [0.3, 0.4) is 0 Å². The third-order valence-corrected chi connectivity index (χ3v) is 9.90. The van der Waals surface area contributed by atoms with E-state index in [0.29, 0.717) is 12.5 Å². The number of carboxylic acids is 1. The number of aliphatic carboxylic acids is 1. The number of hydrogen-bond acceptors (Lipinski definition) is 6. The first-order valence-electron chi connectivity index (χ1n) is 14.6. The largest absolute Gasteiger partial charge is 0.480 e. The van der Waals surface area contributed by atoms with E-state index in [0.717, 1.165) is 68.1 Å². The summed E-state index contributed by atoms with van der Waals surface area (Å²) in [4.78, 5) is 27.7. The van der Waals surface area contributed by atoms with Crippen LogP contribution in [-0.2, 0) is 17.6 Å². The quantitative estimate of drug-likeness (QED) is 0.334. The molecule has 0 spiro atoms. The van der Waals surface area contributed by atoms with Crippen molar-refractivity contribution < 1.29 is 14.3 Å². The van der Waals surface area contributed by atoms with Crippen LogP contribution >= 0.6 is 11.3 Å². The van der Waals surface area contributed by atoms with E-state index < -0.39 is 12.0 Å². The summed E-state index contributed by atoms with van der Waals surface area (Å²) in [5.74, 6) is -0.0802. The normalized spacial score (nSPS) is 21.7. The fraction of sp³-hybridized carbons (Fsp3) is 0.531. The van der Waals surface area contributed by atoms with Gasteiger partial charge in [-0.15, -0.1) is 11.3 Å². The summed E-state index contributed by atoms with van der Waals surface area (Å²) in [5, 5.41) is 11.1. The highest BCUT2D eigenvalue weighted by Crippen LogP contribution is 2.39. The Hall–Kier alpha value is -2.68. The number of benzene rings is 1. The number of carbonyl (C=O) groups is 1. The Morgan fingerprint density at radius 3 is 2.60 bits per heavy atom. The summed E-state index contributed by atoms with van der Waals surface area (Å²) in [5.41, 5.74) is 3.27. The standard InChI is InChI=1S/C32H41FN4O2S/c1-4-28-31(40-29(35-28)17-26-10-5-6-13-34-26)22-11-14-36(15-12-22)18-24-19-37(30(21(2)3)32(38)39)20-27(24)23-8-7-9-25(33)16-23/h5-10,13,16,21-22,24,27,30H,4,11-12,14-15,17-20H2,1-3H3,(H,38,39). The summed E-state index contributed by atoms with van der Waals surface area (Å²) in [7, 11) is 0. The fourth-order valence-electron chi connectivity index (χ4n) is 6.72. The summed E-state index contributed by atoms with van der Waals surface area (Å²) in [6.07, 6.45) is 5.77. The number of nitrogens with zero attached hydrogens (tertiary/aromatic N) is 4. The van der Waals surface area contributed by atoms with Crippen LogP contribution in [0.1, 0.15) is 72.3 Å². The molecule has 1 N–H and O–H groups in total. The maximum atomic E-state index is 14.2. The average molecular weight is 565 g/mol. The maximum Gasteiger partial charge on any atom is 0.321 e. The summed E-state index contributed by atoms with van der Waals surface area (Å²) < 4.78 is 14.2. The van der Waals surface area contributed by atoms with Gasteiger partial charge in [0.05, 0.1) is 10.7 Å². The molecular weight excluding hydrogens is 523 g/mol. The Labute approximate surface area is 241 Å². The van der Waals surface area contributed by atoms with Gasteiger partial charge in [-0.25, -0.2) is 9.37 Å². The van der Waals surface area contributed by atoms with Gasteiger partial charge in [0, 0.05) is 48.7 Å². The van der Waals surface area contributed by atoms with Crippen LogP contribution in [0.2, 0.25) is 0 Å². The molecule has 3 aromatic rings. The highest BCUT2D eigenvalue weighted by atomic mass is 32.1. The average Bonchev–Trinajstić information content (AvgIpc) is 3.53. The summed E-state index contributed by atoms with van der Waals surface area (Å²) in [6.45, 7) is 10.4. The summed E-state index contributed by atoms with van der Waals surface area (Å²) in [6, 6.07) is 12.4. The minimum atomic E-state index is -0.770. The molecule has 0 saturated carbocycles. The number of hydrogen-bond donors (Lipinski definition) is 1. The lowest BCUT2D eigenvalue weighted by Crippen LogP contribution is -2.44. The monoisotopic (exact) mass is 564 g/mol. The molecule has 1 aromatic carbocycles. The zero-order chi connectivity index (χ0) is 28.2. The zero-order valence-corrected chi connectivity index (χ0v) is 24.6. The Balaban J connectivity index is 1.26. The molecule has 6 nitrogen and oxygen atoms in total. The van der Waals surface area contributed by atoms with Gasteiger partial charge in [0.1, 0.15) is 11.9 Å². The van der Waals surface area contributed by atoms with Crippen LogP contribution in [0.4, 0.5) is 4.39 Å². The van der Waals surface area contributed by atoms with Crippen molar-refractivity contribution in [3.63, 3.8) is 0 Å². The second-order valence-electron chi connectivity index (χ2n) is 11.7. The highest BCUT2D eigenvalue weighted by Gasteiger charge is 2.41. The molecule has 0 aliphatic carbocycles. The molecule has 3 unspecified atom stereocenters. The number of aromatic nitrogens is 2. The van der Waals surface area contributed by atoms with Gasteiger partial charge in [0.15, 0.2) is 0 Å². The number of piperidine rings is 1. The highest BCUT2D eigenvalue weighted by molar-refractivity contribution is 7.11. The van der Waals surface area contributed by atoms with Gasteiger partial charge in [-0.05, 0) is 79.9 Å². The van der Waals surface area contributed by atoms with Crippen molar-refractivity contribution in [1.82, 2.24) is 19.8 Å². The number of rotatable bonds is 10. The van der Waals surface area contributed by atoms with Gasteiger partial charge in [0.2, 0.25) is 0 Å². The van der Waals surface area contributed by atoms with Crippen LogP contribution < -0.4 is 0 Å². The lowest BCUT2D eigenvalue weighted by Gasteiger charge is -2.34. The number of aryl methyl sites for hydroxylation is 1. The fourth-order valence-corrected chi connectivity index (χ4v) is 8.06. The summed E-state index contributed by atoms with van der Waals surface area (Å²) >= 11 is 1.86. The second-order valence-corrected chi connectivity index (χ2v) is 12.9. The molecule has 2 fully saturated rings. The molecule has 0 bridgehead atoms. The zero-order valence-electron chi connectivity index (χ0n) is 23.8. The Morgan fingerprint density at radius 1 is 1.15 bits per heavy atom. The van der Waals surface area contributed by atoms with Crippen molar-refractivity contribution in [2.24, 2.45) is 11.8 Å². The van der Waals surface area contributed by atoms with E-state index in [-0.39, 0.29) is 23.6 Å². The minimum Gasteiger partial charge on any atom is -0.480 e. The SMILES string of the molecule is CCc1nc(Cc2ccccn2)sc1C1CCN(CC2CN(C(C(=O)O)C(C)C)CC2c2cccc(F)c2)CC1. The van der Waals surface area contributed by atoms with Crippen LogP contribution in [0.25, 0.3) is 0 Å². The van der Waals surface area contributed by atoms with Crippen molar-refractivity contribution in [2.45, 2.75) is 64.3 Å². The molecule has 2 aliphatic heterocycles. The third kappa shape index (κ3) is 6.61. The number of thiazole rings is 1. The number of halogens is 1. The number of pyridine rings is 1. The topological polar surface area (TPSA) is 69.6 Å². The second kappa shape index (κ2) is 12.9. The lowest BCUT2D eigenvalue weighted by molar-refractivity contribution is -0.144. The van der Waals surface area contributed by atoms with Crippen LogP contribution in [-0.4, -0.2) is 69.6 Å². The van der Waals surface area contributed by atoms with Gasteiger partial charge >= 0.3 is 5.97 Å². The molecule has 0 amide bonds. The van der Waals surface area contributed by atoms with Crippen LogP contribution in [0.15, 0.2) is 48.7 Å². The Morgan fingerprint density at radius 2 is 1.95 bits per heavy atom. The van der Waals surface area contributed by atoms with Crippen molar-refractivity contribution in [3.8, 4) is 0 Å². The third-order valence-electron chi connectivity index (χ3n) is 8.64. The van der Waals surface area contributed by atoms with E-state index in [1.165, 1.54) is 16.6 Å². The Kier molecular flexibility index (Phi) is 9.28. The maximum absolute atomic E-state index is 14.2. The van der Waals surface area contributed by atoms with Gasteiger partial charge in [-0.3, -0.25) is 14.7 Å². The number of likely N-dealkylation sites (tertiary alicyclic amines) is 2. The molecule has 3 atom stereocenters. The smallest absolute Gasteiger partial charge is 0.321 e. The van der Waals surface area contributed by atoms with Crippen molar-refractivity contribution in [1.29, 1.82) is 0 Å². The van der Waals surface area contributed by atoms with E-state index in [4.69, 9.17) is 4.98 Å². The lowest BCUT2D eigenvalue weighted by atomic mass is 9.87. The molecule has 2 aromatic heterocycles. The van der Waals surface area contributed by atoms with Gasteiger partial charge in [-0.2, -0.15) is 0 Å². The van der Waals surface area contributed by atoms with E-state index >= 15 is 0 Å². The molecule has 2 aliphatic rings. The molecule has 5 rings (SSSR count). The molecule has 4 heterocycles. The van der Waals surface area contributed by atoms with Crippen molar-refractivity contribution in [2.75, 3.05) is 32.7 Å². The first kappa shape index (κ1) is 28.8. The van der Waals surface area contributed by atoms with Crippen LogP contribution in [0, 0.1) is 17.7 Å². The number of carboxylic acid groups (broad SMARTS) is 1. The van der Waals surface area contributed by atoms with Gasteiger partial charge < -0.3 is 10.0 Å².